The second kappa shape index (κ2) is 8.94. The van der Waals surface area contributed by atoms with Crippen LogP contribution in [0.5, 0.6) is 0 Å². The van der Waals surface area contributed by atoms with E-state index in [2.05, 4.69) is 15.7 Å². The van der Waals surface area contributed by atoms with Gasteiger partial charge in [-0.1, -0.05) is 29.8 Å². The molecule has 144 valence electrons. The topological polar surface area (TPSA) is 76.0 Å². The summed E-state index contributed by atoms with van der Waals surface area (Å²) in [6.07, 6.45) is 0.543. The van der Waals surface area contributed by atoms with Crippen LogP contribution in [0.3, 0.4) is 0 Å². The number of amides is 2. The Bertz CT molecular complexity index is 998. The van der Waals surface area contributed by atoms with Crippen LogP contribution in [0.25, 0.3) is 11.3 Å². The van der Waals surface area contributed by atoms with Crippen LogP contribution < -0.4 is 16.2 Å². The second-order valence-corrected chi connectivity index (χ2v) is 6.39. The minimum Gasteiger partial charge on any atom is -0.338 e. The number of urea groups is 1. The van der Waals surface area contributed by atoms with Gasteiger partial charge in [0.05, 0.1) is 5.69 Å². The lowest BCUT2D eigenvalue weighted by molar-refractivity contribution is 0.251. The maximum Gasteiger partial charge on any atom is 0.319 e. The molecule has 1 heterocycles. The predicted octanol–water partition coefficient (Wildman–Crippen LogP) is 3.57. The van der Waals surface area contributed by atoms with Crippen LogP contribution >= 0.6 is 0 Å². The van der Waals surface area contributed by atoms with Crippen LogP contribution in [0.2, 0.25) is 0 Å². The zero-order valence-electron chi connectivity index (χ0n) is 15.5. The standard InChI is InChI=1S/C21H21FN4O2/c1-15-3-5-16(6-4-15)19-11-12-20(27)26(25-19)14-2-13-23-21(28)24-18-9-7-17(22)8-10-18/h3-12H,2,13-14H2,1H3,(H2,23,24,28). The summed E-state index contributed by atoms with van der Waals surface area (Å²) in [5.41, 5.74) is 3.13. The first-order valence-corrected chi connectivity index (χ1v) is 8.97. The van der Waals surface area contributed by atoms with E-state index in [9.17, 15) is 14.0 Å². The van der Waals surface area contributed by atoms with E-state index in [1.807, 2.05) is 31.2 Å². The van der Waals surface area contributed by atoms with Gasteiger partial charge in [0.25, 0.3) is 5.56 Å². The number of aryl methyl sites for hydroxylation is 2. The molecule has 2 N–H and O–H groups in total. The zero-order valence-corrected chi connectivity index (χ0v) is 15.5. The Morgan fingerprint density at radius 1 is 1.04 bits per heavy atom. The average Bonchev–Trinajstić information content (AvgIpc) is 2.69. The van der Waals surface area contributed by atoms with E-state index < -0.39 is 0 Å². The summed E-state index contributed by atoms with van der Waals surface area (Å²) >= 11 is 0. The third kappa shape index (κ3) is 5.26. The highest BCUT2D eigenvalue weighted by molar-refractivity contribution is 5.89. The van der Waals surface area contributed by atoms with Crippen molar-refractivity contribution in [1.82, 2.24) is 15.1 Å². The minimum absolute atomic E-state index is 0.188. The third-order valence-corrected chi connectivity index (χ3v) is 4.15. The van der Waals surface area contributed by atoms with Gasteiger partial charge in [-0.15, -0.1) is 0 Å². The molecule has 0 bridgehead atoms. The molecular weight excluding hydrogens is 359 g/mol. The Kier molecular flexibility index (Phi) is 6.16. The SMILES string of the molecule is Cc1ccc(-c2ccc(=O)n(CCCNC(=O)Nc3ccc(F)cc3)n2)cc1. The van der Waals surface area contributed by atoms with Crippen molar-refractivity contribution in [2.75, 3.05) is 11.9 Å². The van der Waals surface area contributed by atoms with E-state index in [0.717, 1.165) is 16.8 Å². The summed E-state index contributed by atoms with van der Waals surface area (Å²) < 4.78 is 14.3. The monoisotopic (exact) mass is 380 g/mol. The quantitative estimate of drug-likeness (QED) is 0.642. The molecule has 0 atom stereocenters. The van der Waals surface area contributed by atoms with Crippen LogP contribution in [-0.2, 0) is 6.54 Å². The zero-order chi connectivity index (χ0) is 19.9. The van der Waals surface area contributed by atoms with Crippen LogP contribution in [0.1, 0.15) is 12.0 Å². The lowest BCUT2D eigenvalue weighted by atomic mass is 10.1. The molecule has 0 aliphatic heterocycles. The summed E-state index contributed by atoms with van der Waals surface area (Å²) in [5, 5.41) is 9.72. The van der Waals surface area contributed by atoms with Crippen molar-refractivity contribution in [2.24, 2.45) is 0 Å². The van der Waals surface area contributed by atoms with Crippen molar-refractivity contribution in [3.63, 3.8) is 0 Å². The van der Waals surface area contributed by atoms with Crippen molar-refractivity contribution in [2.45, 2.75) is 19.9 Å². The van der Waals surface area contributed by atoms with Gasteiger partial charge in [0.15, 0.2) is 0 Å². The Morgan fingerprint density at radius 2 is 1.75 bits per heavy atom. The third-order valence-electron chi connectivity index (χ3n) is 4.15. The number of aromatic nitrogens is 2. The molecule has 1 aromatic heterocycles. The van der Waals surface area contributed by atoms with Crippen molar-refractivity contribution < 1.29 is 9.18 Å². The van der Waals surface area contributed by atoms with E-state index in [0.29, 0.717) is 25.2 Å². The number of nitrogens with zero attached hydrogens (tertiary/aromatic N) is 2. The number of halogens is 1. The number of nitrogens with one attached hydrogen (secondary N) is 2. The average molecular weight is 380 g/mol. The highest BCUT2D eigenvalue weighted by Crippen LogP contribution is 2.15. The summed E-state index contributed by atoms with van der Waals surface area (Å²) in [6, 6.07) is 16.2. The Labute approximate surface area is 162 Å². The van der Waals surface area contributed by atoms with Gasteiger partial charge in [-0.2, -0.15) is 5.10 Å². The highest BCUT2D eigenvalue weighted by atomic mass is 19.1. The first-order chi connectivity index (χ1) is 13.5. The van der Waals surface area contributed by atoms with Crippen molar-refractivity contribution in [1.29, 1.82) is 0 Å². The van der Waals surface area contributed by atoms with E-state index in [1.54, 1.807) is 6.07 Å². The van der Waals surface area contributed by atoms with Gasteiger partial charge in [0.2, 0.25) is 0 Å². The van der Waals surface area contributed by atoms with Gasteiger partial charge in [-0.25, -0.2) is 13.9 Å². The van der Waals surface area contributed by atoms with E-state index in [-0.39, 0.29) is 17.4 Å². The first kappa shape index (κ1) is 19.3. The molecule has 0 saturated heterocycles. The lowest BCUT2D eigenvalue weighted by Gasteiger charge is -2.09. The van der Waals surface area contributed by atoms with Gasteiger partial charge in [-0.05, 0) is 43.7 Å². The number of anilines is 1. The maximum absolute atomic E-state index is 12.9. The van der Waals surface area contributed by atoms with Gasteiger partial charge in [0, 0.05) is 30.4 Å². The van der Waals surface area contributed by atoms with Crippen molar-refractivity contribution in [3.8, 4) is 11.3 Å². The molecule has 0 saturated carbocycles. The number of rotatable bonds is 6. The highest BCUT2D eigenvalue weighted by Gasteiger charge is 2.05. The molecular formula is C21H21FN4O2. The minimum atomic E-state index is -0.389. The van der Waals surface area contributed by atoms with E-state index in [4.69, 9.17) is 0 Å². The molecule has 0 radical (unpaired) electrons. The molecule has 0 fully saturated rings. The molecule has 0 unspecified atom stereocenters. The molecule has 2 amide bonds. The summed E-state index contributed by atoms with van der Waals surface area (Å²) in [4.78, 5) is 23.9. The van der Waals surface area contributed by atoms with Crippen LogP contribution in [-0.4, -0.2) is 22.4 Å². The number of carbonyl (C=O) groups excluding carboxylic acids is 1. The largest absolute Gasteiger partial charge is 0.338 e. The number of hydrogen-bond donors (Lipinski definition) is 2. The smallest absolute Gasteiger partial charge is 0.319 e. The fourth-order valence-electron chi connectivity index (χ4n) is 2.63. The molecule has 0 spiro atoms. The number of carbonyl (C=O) groups is 1. The fourth-order valence-corrected chi connectivity index (χ4v) is 2.63. The fraction of sp³-hybridized carbons (Fsp3) is 0.190. The second-order valence-electron chi connectivity index (χ2n) is 6.39. The van der Waals surface area contributed by atoms with Crippen LogP contribution in [0.15, 0.2) is 65.5 Å². The van der Waals surface area contributed by atoms with Gasteiger partial charge >= 0.3 is 6.03 Å². The molecule has 3 aromatic rings. The van der Waals surface area contributed by atoms with Gasteiger partial charge in [-0.3, -0.25) is 4.79 Å². The molecule has 0 aliphatic carbocycles. The molecule has 2 aromatic carbocycles. The summed E-state index contributed by atoms with van der Waals surface area (Å²) in [7, 11) is 0. The Hall–Kier alpha value is -3.48. The predicted molar refractivity (Wildman–Crippen MR) is 107 cm³/mol. The number of benzene rings is 2. The number of hydrogen-bond acceptors (Lipinski definition) is 3. The van der Waals surface area contributed by atoms with Crippen LogP contribution in [0.4, 0.5) is 14.9 Å². The van der Waals surface area contributed by atoms with E-state index >= 15 is 0 Å². The Balaban J connectivity index is 1.52. The van der Waals surface area contributed by atoms with Crippen LogP contribution in [0, 0.1) is 12.7 Å². The maximum atomic E-state index is 12.9. The van der Waals surface area contributed by atoms with Crippen molar-refractivity contribution in [3.05, 3.63) is 82.4 Å². The van der Waals surface area contributed by atoms with Crippen molar-refractivity contribution >= 4 is 11.7 Å². The normalized spacial score (nSPS) is 10.5. The van der Waals surface area contributed by atoms with E-state index in [1.165, 1.54) is 35.0 Å². The lowest BCUT2D eigenvalue weighted by Crippen LogP contribution is -2.31. The van der Waals surface area contributed by atoms with Gasteiger partial charge in [0.1, 0.15) is 5.82 Å². The summed E-state index contributed by atoms with van der Waals surface area (Å²) in [6.45, 7) is 2.77. The summed E-state index contributed by atoms with van der Waals surface area (Å²) in [5.74, 6) is -0.364. The molecule has 7 heteroatoms. The molecule has 0 aliphatic rings. The molecule has 6 nitrogen and oxygen atoms in total. The first-order valence-electron chi connectivity index (χ1n) is 8.97. The Morgan fingerprint density at radius 3 is 2.46 bits per heavy atom. The molecule has 28 heavy (non-hydrogen) atoms. The van der Waals surface area contributed by atoms with Gasteiger partial charge < -0.3 is 10.6 Å². The molecule has 3 rings (SSSR count).